The van der Waals surface area contributed by atoms with Crippen LogP contribution in [0.4, 0.5) is 0 Å². The number of allylic oxidation sites excluding steroid dienone is 4. The van der Waals surface area contributed by atoms with Crippen molar-refractivity contribution in [2.75, 3.05) is 21.1 Å². The lowest BCUT2D eigenvalue weighted by Gasteiger charge is -2.35. The van der Waals surface area contributed by atoms with Gasteiger partial charge in [-0.2, -0.15) is 0 Å². The molecule has 0 N–H and O–H groups in total. The molecule has 0 aliphatic heterocycles. The van der Waals surface area contributed by atoms with Gasteiger partial charge in [0.1, 0.15) is 0 Å². The second-order valence-electron chi connectivity index (χ2n) is 11.4. The van der Waals surface area contributed by atoms with Gasteiger partial charge in [-0.3, -0.25) is 0 Å². The van der Waals surface area contributed by atoms with Gasteiger partial charge in [-0.1, -0.05) is 109 Å². The van der Waals surface area contributed by atoms with Gasteiger partial charge in [0, 0.05) is 62.3 Å². The van der Waals surface area contributed by atoms with Crippen molar-refractivity contribution in [1.82, 2.24) is 14.7 Å². The predicted octanol–water partition coefficient (Wildman–Crippen LogP) is 10.9. The third kappa shape index (κ3) is 15.8. The van der Waals surface area contributed by atoms with E-state index in [1.54, 1.807) is 0 Å². The quantitative estimate of drug-likeness (QED) is 0.128. The summed E-state index contributed by atoms with van der Waals surface area (Å²) in [6, 6.07) is 1.25. The van der Waals surface area contributed by atoms with Crippen LogP contribution in [0, 0.1) is 5.92 Å². The summed E-state index contributed by atoms with van der Waals surface area (Å²) in [6.45, 7) is 49.4. The molecule has 0 aliphatic rings. The smallest absolute Gasteiger partial charge is 0.0490 e. The topological polar surface area (TPSA) is 9.72 Å². The maximum atomic E-state index is 4.22. The van der Waals surface area contributed by atoms with Crippen molar-refractivity contribution in [2.24, 2.45) is 5.92 Å². The van der Waals surface area contributed by atoms with Crippen LogP contribution >= 0.6 is 0 Å². The number of rotatable bonds is 17. The van der Waals surface area contributed by atoms with Gasteiger partial charge >= 0.3 is 0 Å². The number of nitrogens with zero attached hydrogens (tertiary/aromatic N) is 3. The molecular formula is C38H69N3. The summed E-state index contributed by atoms with van der Waals surface area (Å²) >= 11 is 0. The van der Waals surface area contributed by atoms with Gasteiger partial charge in [0.05, 0.1) is 0 Å². The van der Waals surface area contributed by atoms with E-state index in [4.69, 9.17) is 0 Å². The first-order valence-electron chi connectivity index (χ1n) is 15.4. The minimum atomic E-state index is 0.387. The van der Waals surface area contributed by atoms with Crippen LogP contribution in [0.25, 0.3) is 0 Å². The van der Waals surface area contributed by atoms with Gasteiger partial charge in [0.15, 0.2) is 0 Å². The zero-order valence-electron chi connectivity index (χ0n) is 29.8. The van der Waals surface area contributed by atoms with E-state index < -0.39 is 0 Å². The lowest BCUT2D eigenvalue weighted by Crippen LogP contribution is -2.33. The van der Waals surface area contributed by atoms with Crippen LogP contribution in [0.15, 0.2) is 97.6 Å². The van der Waals surface area contributed by atoms with Gasteiger partial charge in [0.25, 0.3) is 0 Å². The fourth-order valence-corrected chi connectivity index (χ4v) is 5.15. The second-order valence-corrected chi connectivity index (χ2v) is 11.4. The zero-order chi connectivity index (χ0) is 33.0. The van der Waals surface area contributed by atoms with Gasteiger partial charge in [-0.15, -0.1) is 0 Å². The highest BCUT2D eigenvalue weighted by Crippen LogP contribution is 2.27. The Morgan fingerprint density at radius 2 is 0.927 bits per heavy atom. The molecule has 4 atom stereocenters. The number of hydrogen-bond acceptors (Lipinski definition) is 3. The van der Waals surface area contributed by atoms with Crippen molar-refractivity contribution in [3.63, 3.8) is 0 Å². The van der Waals surface area contributed by atoms with Gasteiger partial charge in [0.2, 0.25) is 0 Å². The van der Waals surface area contributed by atoms with Crippen molar-refractivity contribution < 1.29 is 0 Å². The molecule has 0 bridgehead atoms. The Morgan fingerprint density at radius 1 is 0.561 bits per heavy atom. The maximum absolute atomic E-state index is 4.22. The second kappa shape index (κ2) is 22.9. The molecule has 0 fully saturated rings. The molecule has 0 amide bonds. The molecule has 3 nitrogen and oxygen atoms in total. The molecule has 0 aliphatic carbocycles. The van der Waals surface area contributed by atoms with E-state index in [0.717, 1.165) is 43.5 Å². The van der Waals surface area contributed by atoms with E-state index in [0.29, 0.717) is 24.0 Å². The van der Waals surface area contributed by atoms with Crippen LogP contribution < -0.4 is 0 Å². The summed E-state index contributed by atoms with van der Waals surface area (Å²) in [5.74, 6) is 0.387. The molecule has 0 aromatic heterocycles. The van der Waals surface area contributed by atoms with Crippen LogP contribution in [0.5, 0.6) is 0 Å². The predicted molar refractivity (Wildman–Crippen MR) is 191 cm³/mol. The average molecular weight is 568 g/mol. The first-order chi connectivity index (χ1) is 18.9. The van der Waals surface area contributed by atoms with Crippen molar-refractivity contribution in [3.05, 3.63) is 97.6 Å². The standard InChI is InChI=1S/C15H27N.C12H21N.C11H21N/c1-9-14(11(3)4)13(7)16(8)15(10-2)12(5)6;1-7-9-11(5)13(6)12(8-2)10(3)4;1-7-10(5)12(6)11(8-2)9(3)4/h14-15H,3,5,7,9-10H2,1-2,4,6,8H3;7,9,12H,3,5,8H2,1-2,4,6H3;11H,3,5,7-8H2,1-2,4,6H3/b;9-7+;. The van der Waals surface area contributed by atoms with Crippen molar-refractivity contribution in [3.8, 4) is 0 Å². The molecule has 0 heterocycles. The number of hydrogen-bond donors (Lipinski definition) is 0. The first kappa shape index (κ1) is 42.8. The molecule has 0 spiro atoms. The Morgan fingerprint density at radius 3 is 1.20 bits per heavy atom. The highest BCUT2D eigenvalue weighted by molar-refractivity contribution is 5.18. The third-order valence-corrected chi connectivity index (χ3v) is 7.85. The van der Waals surface area contributed by atoms with E-state index >= 15 is 0 Å². The fourth-order valence-electron chi connectivity index (χ4n) is 5.15. The van der Waals surface area contributed by atoms with Crippen LogP contribution in [-0.4, -0.2) is 54.0 Å². The summed E-state index contributed by atoms with van der Waals surface area (Å²) in [5.41, 5.74) is 8.18. The molecule has 236 valence electrons. The molecule has 4 unspecified atom stereocenters. The number of likely N-dealkylation sites (N-methyl/N-ethyl adjacent to an activating group) is 3. The monoisotopic (exact) mass is 568 g/mol. The Bertz CT molecular complexity index is 887. The minimum Gasteiger partial charge on any atom is -0.372 e. The Hall–Kier alpha value is -2.68. The van der Waals surface area contributed by atoms with Gasteiger partial charge in [-0.05, 0) is 72.8 Å². The third-order valence-electron chi connectivity index (χ3n) is 7.85. The summed E-state index contributed by atoms with van der Waals surface area (Å²) < 4.78 is 0. The largest absolute Gasteiger partial charge is 0.372 e. The molecule has 0 aromatic carbocycles. The highest BCUT2D eigenvalue weighted by Gasteiger charge is 2.20. The van der Waals surface area contributed by atoms with Crippen molar-refractivity contribution in [2.45, 2.75) is 119 Å². The summed E-state index contributed by atoms with van der Waals surface area (Å²) in [6.07, 6.45) is 9.34. The molecule has 0 aromatic rings. The van der Waals surface area contributed by atoms with Gasteiger partial charge in [-0.25, -0.2) is 0 Å². The summed E-state index contributed by atoms with van der Waals surface area (Å²) in [5, 5.41) is 0. The van der Waals surface area contributed by atoms with E-state index in [1.807, 2.05) is 19.1 Å². The molecular weight excluding hydrogens is 498 g/mol. The first-order valence-corrected chi connectivity index (χ1v) is 15.4. The molecule has 0 saturated heterocycles. The van der Waals surface area contributed by atoms with Crippen LogP contribution in [-0.2, 0) is 0 Å². The molecule has 3 heteroatoms. The summed E-state index contributed by atoms with van der Waals surface area (Å²) in [4.78, 5) is 6.65. The SMILES string of the molecule is C=C(C)C(CC)C(=C)N(C)C(CC)C(=C)C.C=C(C)C(CC)N(C)C(=C)/C=C/C.C=C(C)C(CC)N(C)C(=C)CC. The molecule has 41 heavy (non-hydrogen) atoms. The Labute approximate surface area is 258 Å². The molecule has 0 saturated carbocycles. The van der Waals surface area contributed by atoms with Gasteiger partial charge < -0.3 is 14.7 Å². The Balaban J connectivity index is -0.000000535. The van der Waals surface area contributed by atoms with E-state index in [1.165, 1.54) is 28.0 Å². The molecule has 0 rings (SSSR count). The average Bonchev–Trinajstić information content (AvgIpc) is 2.89. The normalized spacial score (nSPS) is 13.2. The van der Waals surface area contributed by atoms with E-state index in [2.05, 4.69) is 144 Å². The van der Waals surface area contributed by atoms with E-state index in [-0.39, 0.29) is 0 Å². The van der Waals surface area contributed by atoms with E-state index in [9.17, 15) is 0 Å². The van der Waals surface area contributed by atoms with Crippen LogP contribution in [0.3, 0.4) is 0 Å². The lowest BCUT2D eigenvalue weighted by molar-refractivity contribution is 0.301. The van der Waals surface area contributed by atoms with Crippen LogP contribution in [0.1, 0.15) is 101 Å². The lowest BCUT2D eigenvalue weighted by atomic mass is 9.93. The summed E-state index contributed by atoms with van der Waals surface area (Å²) in [7, 11) is 6.26. The van der Waals surface area contributed by atoms with Crippen molar-refractivity contribution in [1.29, 1.82) is 0 Å². The zero-order valence-corrected chi connectivity index (χ0v) is 29.8. The Kier molecular flexibility index (Phi) is 23.9. The maximum Gasteiger partial charge on any atom is 0.0490 e. The highest BCUT2D eigenvalue weighted by atomic mass is 15.1. The van der Waals surface area contributed by atoms with Crippen LogP contribution in [0.2, 0.25) is 0 Å². The van der Waals surface area contributed by atoms with Crippen molar-refractivity contribution >= 4 is 0 Å². The fraction of sp³-hybridized carbons (Fsp3) is 0.579. The minimum absolute atomic E-state index is 0.387. The molecule has 0 radical (unpaired) electrons.